The smallest absolute Gasteiger partial charge is 0.224 e. The van der Waals surface area contributed by atoms with Gasteiger partial charge in [-0.05, 0) is 30.2 Å². The standard InChI is InChI=1S/C24H19ClN2O2/c25-18-12-13-19-20(15-18)26-23(24(29)17-9-5-2-6-10-17)22(19)27-21(28)14-11-16-7-3-1-4-8-16/h1-10,12-13,15,26H,11,14H2,(H,27,28). The van der Waals surface area contributed by atoms with Gasteiger partial charge in [-0.2, -0.15) is 0 Å². The molecule has 0 fully saturated rings. The van der Waals surface area contributed by atoms with Crippen LogP contribution in [-0.2, 0) is 11.2 Å². The summed E-state index contributed by atoms with van der Waals surface area (Å²) in [5.74, 6) is -0.330. The molecule has 0 spiro atoms. The average Bonchev–Trinajstić information content (AvgIpc) is 3.10. The minimum Gasteiger partial charge on any atom is -0.350 e. The second-order valence-corrected chi connectivity index (χ2v) is 7.23. The molecule has 3 aromatic carbocycles. The molecule has 1 heterocycles. The van der Waals surface area contributed by atoms with Crippen LogP contribution in [0.25, 0.3) is 10.9 Å². The van der Waals surface area contributed by atoms with Crippen molar-refractivity contribution in [3.8, 4) is 0 Å². The number of carbonyl (C=O) groups is 2. The average molecular weight is 403 g/mol. The maximum absolute atomic E-state index is 13.1. The highest BCUT2D eigenvalue weighted by molar-refractivity contribution is 6.31. The molecule has 0 saturated carbocycles. The number of H-pyrrole nitrogens is 1. The van der Waals surface area contributed by atoms with E-state index in [2.05, 4.69) is 10.3 Å². The number of halogens is 1. The minimum absolute atomic E-state index is 0.146. The topological polar surface area (TPSA) is 62.0 Å². The van der Waals surface area contributed by atoms with Crippen molar-refractivity contribution in [2.75, 3.05) is 5.32 Å². The van der Waals surface area contributed by atoms with Crippen LogP contribution in [0.4, 0.5) is 5.69 Å². The molecular weight excluding hydrogens is 384 g/mol. The van der Waals surface area contributed by atoms with E-state index in [1.165, 1.54) is 0 Å². The third-order valence-electron chi connectivity index (χ3n) is 4.77. The van der Waals surface area contributed by atoms with Crippen LogP contribution in [0.1, 0.15) is 28.0 Å². The molecule has 0 aliphatic carbocycles. The Labute approximate surface area is 173 Å². The lowest BCUT2D eigenvalue weighted by atomic mass is 10.1. The number of rotatable bonds is 6. The Bertz CT molecular complexity index is 1170. The lowest BCUT2D eigenvalue weighted by molar-refractivity contribution is -0.116. The van der Waals surface area contributed by atoms with Gasteiger partial charge in [0.2, 0.25) is 11.7 Å². The molecule has 144 valence electrons. The highest BCUT2D eigenvalue weighted by Gasteiger charge is 2.21. The van der Waals surface area contributed by atoms with Crippen molar-refractivity contribution in [2.45, 2.75) is 12.8 Å². The quantitative estimate of drug-likeness (QED) is 0.411. The van der Waals surface area contributed by atoms with E-state index in [1.54, 1.807) is 24.3 Å². The number of hydrogen-bond acceptors (Lipinski definition) is 2. The van der Waals surface area contributed by atoms with Gasteiger partial charge in [-0.25, -0.2) is 0 Å². The number of aromatic amines is 1. The van der Waals surface area contributed by atoms with Gasteiger partial charge in [0.05, 0.1) is 5.69 Å². The lowest BCUT2D eigenvalue weighted by Crippen LogP contribution is -2.15. The second kappa shape index (κ2) is 8.33. The first kappa shape index (κ1) is 19.0. The lowest BCUT2D eigenvalue weighted by Gasteiger charge is -2.08. The predicted octanol–water partition coefficient (Wildman–Crippen LogP) is 5.62. The number of anilines is 1. The van der Waals surface area contributed by atoms with Crippen LogP contribution in [-0.4, -0.2) is 16.7 Å². The van der Waals surface area contributed by atoms with Crippen LogP contribution in [0.5, 0.6) is 0 Å². The van der Waals surface area contributed by atoms with Gasteiger partial charge in [-0.3, -0.25) is 9.59 Å². The van der Waals surface area contributed by atoms with Crippen LogP contribution >= 0.6 is 11.6 Å². The zero-order chi connectivity index (χ0) is 20.2. The molecule has 0 aliphatic heterocycles. The number of hydrogen-bond donors (Lipinski definition) is 2. The normalized spacial score (nSPS) is 10.8. The summed E-state index contributed by atoms with van der Waals surface area (Å²) in [5, 5.41) is 4.25. The maximum atomic E-state index is 13.1. The summed E-state index contributed by atoms with van der Waals surface area (Å²) in [6.45, 7) is 0. The fraction of sp³-hybridized carbons (Fsp3) is 0.0833. The van der Waals surface area contributed by atoms with E-state index >= 15 is 0 Å². The number of aromatic nitrogens is 1. The van der Waals surface area contributed by atoms with Crippen LogP contribution in [0, 0.1) is 0 Å². The van der Waals surface area contributed by atoms with Gasteiger partial charge >= 0.3 is 0 Å². The summed E-state index contributed by atoms with van der Waals surface area (Å²) in [4.78, 5) is 28.8. The fourth-order valence-electron chi connectivity index (χ4n) is 3.31. The van der Waals surface area contributed by atoms with Gasteiger partial charge in [-0.1, -0.05) is 72.3 Å². The Kier molecular flexibility index (Phi) is 5.45. The molecule has 4 nitrogen and oxygen atoms in total. The van der Waals surface area contributed by atoms with E-state index in [-0.39, 0.29) is 11.7 Å². The SMILES string of the molecule is O=C(CCc1ccccc1)Nc1c(C(=O)c2ccccc2)[nH]c2cc(Cl)ccc12. The molecule has 0 aliphatic rings. The first-order valence-corrected chi connectivity index (χ1v) is 9.74. The molecule has 0 atom stereocenters. The number of fused-ring (bicyclic) bond motifs is 1. The number of ketones is 1. The molecule has 2 N–H and O–H groups in total. The molecule has 0 bridgehead atoms. The maximum Gasteiger partial charge on any atom is 0.224 e. The van der Waals surface area contributed by atoms with Crippen LogP contribution in [0.3, 0.4) is 0 Å². The van der Waals surface area contributed by atoms with Gasteiger partial charge < -0.3 is 10.3 Å². The number of carbonyl (C=O) groups excluding carboxylic acids is 2. The van der Waals surface area contributed by atoms with Crippen molar-refractivity contribution in [2.24, 2.45) is 0 Å². The summed E-state index contributed by atoms with van der Waals surface area (Å²) in [7, 11) is 0. The highest BCUT2D eigenvalue weighted by atomic mass is 35.5. The van der Waals surface area contributed by atoms with Crippen molar-refractivity contribution in [1.29, 1.82) is 0 Å². The number of benzene rings is 3. The monoisotopic (exact) mass is 402 g/mol. The Morgan fingerprint density at radius 1 is 0.897 bits per heavy atom. The zero-order valence-electron chi connectivity index (χ0n) is 15.6. The van der Waals surface area contributed by atoms with Crippen molar-refractivity contribution in [3.05, 3.63) is 101 Å². The molecule has 4 rings (SSSR count). The van der Waals surface area contributed by atoms with Gasteiger partial charge in [0.25, 0.3) is 0 Å². The summed E-state index contributed by atoms with van der Waals surface area (Å²) in [5.41, 5.74) is 3.18. The Hall–Kier alpha value is -3.37. The summed E-state index contributed by atoms with van der Waals surface area (Å²) in [6.07, 6.45) is 0.950. The molecule has 29 heavy (non-hydrogen) atoms. The van der Waals surface area contributed by atoms with Crippen molar-refractivity contribution < 1.29 is 9.59 Å². The molecule has 4 aromatic rings. The van der Waals surface area contributed by atoms with Gasteiger partial charge in [0.1, 0.15) is 5.69 Å². The molecule has 0 radical (unpaired) electrons. The van der Waals surface area contributed by atoms with Gasteiger partial charge in [0, 0.05) is 27.9 Å². The number of nitrogens with one attached hydrogen (secondary N) is 2. The highest BCUT2D eigenvalue weighted by Crippen LogP contribution is 2.31. The summed E-state index contributed by atoms with van der Waals surface area (Å²) in [6, 6.07) is 24.1. The van der Waals surface area contributed by atoms with Crippen molar-refractivity contribution in [1.82, 2.24) is 4.98 Å². The molecule has 0 unspecified atom stereocenters. The number of aryl methyl sites for hydroxylation is 1. The van der Waals surface area contributed by atoms with Gasteiger partial charge in [-0.15, -0.1) is 0 Å². The first-order chi connectivity index (χ1) is 14.1. The minimum atomic E-state index is -0.184. The fourth-order valence-corrected chi connectivity index (χ4v) is 3.48. The Morgan fingerprint density at radius 2 is 1.59 bits per heavy atom. The largest absolute Gasteiger partial charge is 0.350 e. The first-order valence-electron chi connectivity index (χ1n) is 9.36. The van der Waals surface area contributed by atoms with Gasteiger partial charge in [0.15, 0.2) is 0 Å². The Balaban J connectivity index is 1.64. The van der Waals surface area contributed by atoms with E-state index < -0.39 is 0 Å². The third-order valence-corrected chi connectivity index (χ3v) is 5.01. The van der Waals surface area contributed by atoms with Crippen LogP contribution in [0.2, 0.25) is 5.02 Å². The van der Waals surface area contributed by atoms with Crippen molar-refractivity contribution >= 4 is 39.9 Å². The molecule has 0 saturated heterocycles. The molecule has 1 amide bonds. The van der Waals surface area contributed by atoms with Crippen molar-refractivity contribution in [3.63, 3.8) is 0 Å². The molecule has 1 aromatic heterocycles. The molecular formula is C24H19ClN2O2. The van der Waals surface area contributed by atoms with E-state index in [0.29, 0.717) is 40.3 Å². The van der Waals surface area contributed by atoms with Crippen LogP contribution in [0.15, 0.2) is 78.9 Å². The summed E-state index contributed by atoms with van der Waals surface area (Å²) >= 11 is 6.11. The van der Waals surface area contributed by atoms with E-state index in [9.17, 15) is 9.59 Å². The second-order valence-electron chi connectivity index (χ2n) is 6.79. The third kappa shape index (κ3) is 4.23. The number of amides is 1. The van der Waals surface area contributed by atoms with E-state index in [0.717, 1.165) is 10.9 Å². The summed E-state index contributed by atoms with van der Waals surface area (Å²) < 4.78 is 0. The predicted molar refractivity (Wildman–Crippen MR) is 117 cm³/mol. The zero-order valence-corrected chi connectivity index (χ0v) is 16.4. The van der Waals surface area contributed by atoms with Crippen LogP contribution < -0.4 is 5.32 Å². The molecule has 5 heteroatoms. The van der Waals surface area contributed by atoms with E-state index in [4.69, 9.17) is 11.6 Å². The Morgan fingerprint density at radius 3 is 2.31 bits per heavy atom. The van der Waals surface area contributed by atoms with E-state index in [1.807, 2.05) is 54.6 Å².